The first-order valence-corrected chi connectivity index (χ1v) is 6.75. The second-order valence-electron chi connectivity index (χ2n) is 4.94. The van der Waals surface area contributed by atoms with Crippen LogP contribution in [0.25, 0.3) is 11.2 Å². The molecule has 3 aromatic rings. The Morgan fingerprint density at radius 3 is 2.71 bits per heavy atom. The van der Waals surface area contributed by atoms with E-state index in [2.05, 4.69) is 32.1 Å². The third-order valence-corrected chi connectivity index (χ3v) is 3.31. The molecule has 0 spiro atoms. The van der Waals surface area contributed by atoms with Crippen LogP contribution in [0.2, 0.25) is 0 Å². The Kier molecular flexibility index (Phi) is 3.53. The molecule has 0 unspecified atom stereocenters. The molecule has 0 aliphatic heterocycles. The molecule has 108 valence electrons. The van der Waals surface area contributed by atoms with Gasteiger partial charge in [-0.25, -0.2) is 10.0 Å². The SMILES string of the molecule is CONc1nc(C)nc2c1n(Cc1ccccc1)c[n+]2C. The standard InChI is InChI=1S/C15H18N5O/c1-11-16-14(18-21-3)13-15(17-11)19(2)10-20(13)9-12-7-5-4-6-8-12/h4-8,10H,9H2,1-3H3,(H,16,17,18)/q+1. The van der Waals surface area contributed by atoms with E-state index in [0.717, 1.165) is 17.7 Å². The summed E-state index contributed by atoms with van der Waals surface area (Å²) in [6, 6.07) is 10.3. The van der Waals surface area contributed by atoms with Crippen LogP contribution in [0.15, 0.2) is 36.7 Å². The Balaban J connectivity index is 2.14. The molecule has 0 bridgehead atoms. The van der Waals surface area contributed by atoms with Crippen molar-refractivity contribution in [2.75, 3.05) is 12.6 Å². The minimum absolute atomic E-state index is 0.677. The van der Waals surface area contributed by atoms with E-state index in [-0.39, 0.29) is 0 Å². The lowest BCUT2D eigenvalue weighted by atomic mass is 10.2. The summed E-state index contributed by atoms with van der Waals surface area (Å²) < 4.78 is 4.11. The summed E-state index contributed by atoms with van der Waals surface area (Å²) >= 11 is 0. The number of anilines is 1. The number of hydrogen-bond donors (Lipinski definition) is 1. The summed E-state index contributed by atoms with van der Waals surface area (Å²) in [5, 5.41) is 0. The number of fused-ring (bicyclic) bond motifs is 1. The van der Waals surface area contributed by atoms with Crippen molar-refractivity contribution in [3.05, 3.63) is 48.0 Å². The zero-order valence-corrected chi connectivity index (χ0v) is 12.4. The second-order valence-corrected chi connectivity index (χ2v) is 4.94. The van der Waals surface area contributed by atoms with E-state index >= 15 is 0 Å². The summed E-state index contributed by atoms with van der Waals surface area (Å²) in [7, 11) is 3.56. The first-order chi connectivity index (χ1) is 10.2. The first-order valence-electron chi connectivity index (χ1n) is 6.75. The second kappa shape index (κ2) is 5.49. The maximum atomic E-state index is 5.04. The Morgan fingerprint density at radius 2 is 2.00 bits per heavy atom. The van der Waals surface area contributed by atoms with Gasteiger partial charge in [0.2, 0.25) is 11.3 Å². The fourth-order valence-corrected chi connectivity index (χ4v) is 2.45. The fraction of sp³-hybridized carbons (Fsp3) is 0.267. The normalized spacial score (nSPS) is 11.0. The number of benzene rings is 1. The Hall–Kier alpha value is -2.47. The lowest BCUT2D eigenvalue weighted by molar-refractivity contribution is -0.647. The Labute approximate surface area is 123 Å². The van der Waals surface area contributed by atoms with Gasteiger partial charge < -0.3 is 0 Å². The van der Waals surface area contributed by atoms with Crippen LogP contribution in [0.5, 0.6) is 0 Å². The minimum atomic E-state index is 0.677. The van der Waals surface area contributed by atoms with E-state index in [0.29, 0.717) is 11.6 Å². The molecule has 21 heavy (non-hydrogen) atoms. The van der Waals surface area contributed by atoms with Crippen LogP contribution in [0, 0.1) is 6.92 Å². The van der Waals surface area contributed by atoms with Gasteiger partial charge in [-0.1, -0.05) is 35.3 Å². The lowest BCUT2D eigenvalue weighted by Gasteiger charge is -2.04. The zero-order chi connectivity index (χ0) is 14.8. The number of nitrogens with one attached hydrogen (secondary N) is 1. The molecule has 1 aromatic carbocycles. The summed E-state index contributed by atoms with van der Waals surface area (Å²) in [6.07, 6.45) is 2.02. The number of rotatable bonds is 4. The zero-order valence-electron chi connectivity index (χ0n) is 12.4. The summed E-state index contributed by atoms with van der Waals surface area (Å²) in [6.45, 7) is 2.62. The van der Waals surface area contributed by atoms with E-state index in [1.54, 1.807) is 7.11 Å². The average molecular weight is 284 g/mol. The number of aryl methyl sites for hydroxylation is 2. The predicted molar refractivity (Wildman–Crippen MR) is 79.6 cm³/mol. The van der Waals surface area contributed by atoms with Crippen LogP contribution >= 0.6 is 0 Å². The first kappa shape index (κ1) is 13.5. The molecule has 6 heteroatoms. The van der Waals surface area contributed by atoms with Crippen LogP contribution in [0.3, 0.4) is 0 Å². The largest absolute Gasteiger partial charge is 0.307 e. The summed E-state index contributed by atoms with van der Waals surface area (Å²) in [5.41, 5.74) is 5.86. The van der Waals surface area contributed by atoms with Crippen molar-refractivity contribution in [2.24, 2.45) is 7.05 Å². The molecule has 6 nitrogen and oxygen atoms in total. The maximum absolute atomic E-state index is 5.04. The van der Waals surface area contributed by atoms with Crippen LogP contribution in [-0.4, -0.2) is 21.6 Å². The van der Waals surface area contributed by atoms with Crippen molar-refractivity contribution >= 4 is 17.0 Å². The summed E-state index contributed by atoms with van der Waals surface area (Å²) in [4.78, 5) is 14.0. The van der Waals surface area contributed by atoms with Crippen LogP contribution in [0.4, 0.5) is 5.82 Å². The van der Waals surface area contributed by atoms with Crippen molar-refractivity contribution in [1.29, 1.82) is 0 Å². The topological polar surface area (TPSA) is 55.9 Å². The molecule has 0 aliphatic carbocycles. The van der Waals surface area contributed by atoms with Gasteiger partial charge in [0.25, 0.3) is 0 Å². The number of aromatic nitrogens is 4. The Bertz CT molecular complexity index is 767. The highest BCUT2D eigenvalue weighted by Gasteiger charge is 2.21. The molecule has 0 saturated heterocycles. The molecule has 0 atom stereocenters. The van der Waals surface area contributed by atoms with Gasteiger partial charge in [0.15, 0.2) is 12.1 Å². The summed E-state index contributed by atoms with van der Waals surface area (Å²) in [5.74, 6) is 1.38. The molecule has 0 saturated carbocycles. The highest BCUT2D eigenvalue weighted by Crippen LogP contribution is 2.19. The van der Waals surface area contributed by atoms with Gasteiger partial charge in [-0.2, -0.15) is 4.98 Å². The van der Waals surface area contributed by atoms with Crippen molar-refractivity contribution in [1.82, 2.24) is 14.5 Å². The fourth-order valence-electron chi connectivity index (χ4n) is 2.45. The molecule has 0 radical (unpaired) electrons. The molecule has 0 aliphatic rings. The van der Waals surface area contributed by atoms with Crippen LogP contribution in [-0.2, 0) is 18.4 Å². The quantitative estimate of drug-likeness (QED) is 0.584. The highest BCUT2D eigenvalue weighted by atomic mass is 16.6. The third kappa shape index (κ3) is 2.57. The maximum Gasteiger partial charge on any atom is 0.307 e. The van der Waals surface area contributed by atoms with Crippen molar-refractivity contribution < 1.29 is 9.40 Å². The number of hydrogen-bond acceptors (Lipinski definition) is 4. The predicted octanol–water partition coefficient (Wildman–Crippen LogP) is 1.59. The van der Waals surface area contributed by atoms with Gasteiger partial charge in [0.1, 0.15) is 0 Å². The van der Waals surface area contributed by atoms with E-state index in [1.807, 2.05) is 43.1 Å². The smallest absolute Gasteiger partial charge is 0.278 e. The van der Waals surface area contributed by atoms with E-state index in [4.69, 9.17) is 4.84 Å². The number of imidazole rings is 1. The highest BCUT2D eigenvalue weighted by molar-refractivity contribution is 5.80. The third-order valence-electron chi connectivity index (χ3n) is 3.31. The van der Waals surface area contributed by atoms with E-state index < -0.39 is 0 Å². The molecule has 2 heterocycles. The number of nitrogens with zero attached hydrogens (tertiary/aromatic N) is 4. The molecule has 0 amide bonds. The minimum Gasteiger partial charge on any atom is -0.278 e. The lowest BCUT2D eigenvalue weighted by Crippen LogP contribution is -2.26. The van der Waals surface area contributed by atoms with Crippen molar-refractivity contribution in [3.8, 4) is 0 Å². The van der Waals surface area contributed by atoms with E-state index in [9.17, 15) is 0 Å². The molecular weight excluding hydrogens is 266 g/mol. The van der Waals surface area contributed by atoms with Crippen LogP contribution < -0.4 is 10.0 Å². The molecular formula is C15H18N5O+. The van der Waals surface area contributed by atoms with E-state index in [1.165, 1.54) is 5.56 Å². The van der Waals surface area contributed by atoms with Gasteiger partial charge in [-0.15, -0.1) is 0 Å². The molecule has 0 fully saturated rings. The van der Waals surface area contributed by atoms with Gasteiger partial charge in [-0.3, -0.25) is 9.40 Å². The van der Waals surface area contributed by atoms with Crippen LogP contribution in [0.1, 0.15) is 11.4 Å². The monoisotopic (exact) mass is 284 g/mol. The molecule has 1 N–H and O–H groups in total. The van der Waals surface area contributed by atoms with Crippen molar-refractivity contribution in [2.45, 2.75) is 13.5 Å². The van der Waals surface area contributed by atoms with Gasteiger partial charge in [-0.05, 0) is 5.56 Å². The molecule has 2 aromatic heterocycles. The van der Waals surface area contributed by atoms with Gasteiger partial charge in [0.05, 0.1) is 20.7 Å². The van der Waals surface area contributed by atoms with Crippen molar-refractivity contribution in [3.63, 3.8) is 0 Å². The van der Waals surface area contributed by atoms with Gasteiger partial charge >= 0.3 is 5.65 Å². The molecule has 3 rings (SSSR count). The van der Waals surface area contributed by atoms with Gasteiger partial charge in [0, 0.05) is 6.92 Å². The Morgan fingerprint density at radius 1 is 1.24 bits per heavy atom. The average Bonchev–Trinajstić information content (AvgIpc) is 2.77.